The second-order valence-corrected chi connectivity index (χ2v) is 7.98. The average molecular weight is 399 g/mol. The normalized spacial score (nSPS) is 21.7. The van der Waals surface area contributed by atoms with Crippen molar-refractivity contribution in [3.63, 3.8) is 0 Å². The van der Waals surface area contributed by atoms with Crippen molar-refractivity contribution in [1.29, 1.82) is 0 Å². The molecule has 2 heterocycles. The van der Waals surface area contributed by atoms with Gasteiger partial charge in [0.05, 0.1) is 16.0 Å². The van der Waals surface area contributed by atoms with Crippen molar-refractivity contribution in [2.75, 3.05) is 32.8 Å². The number of halogens is 2. The molecule has 2 amide bonds. The summed E-state index contributed by atoms with van der Waals surface area (Å²) in [6.45, 7) is 2.67. The van der Waals surface area contributed by atoms with E-state index in [0.29, 0.717) is 47.7 Å². The number of hydrogen-bond acceptors (Lipinski definition) is 3. The summed E-state index contributed by atoms with van der Waals surface area (Å²) in [7, 11) is 0. The highest BCUT2D eigenvalue weighted by atomic mass is 35.5. The summed E-state index contributed by atoms with van der Waals surface area (Å²) in [6.07, 6.45) is 3.32. The first-order chi connectivity index (χ1) is 12.5. The molecule has 0 aliphatic carbocycles. The maximum Gasteiger partial charge on any atom is 0.253 e. The van der Waals surface area contributed by atoms with Crippen LogP contribution in [0.2, 0.25) is 10.0 Å². The quantitative estimate of drug-likeness (QED) is 0.850. The fourth-order valence-electron chi connectivity index (χ4n) is 3.77. The van der Waals surface area contributed by atoms with Crippen molar-refractivity contribution in [2.24, 2.45) is 11.8 Å². The minimum absolute atomic E-state index is 0.111. The lowest BCUT2D eigenvalue weighted by Crippen LogP contribution is -2.48. The average Bonchev–Trinajstić information content (AvgIpc) is 2.69. The molecule has 1 N–H and O–H groups in total. The number of nitrogens with zero attached hydrogens (tertiary/aromatic N) is 2. The van der Waals surface area contributed by atoms with Crippen molar-refractivity contribution in [2.45, 2.75) is 25.7 Å². The van der Waals surface area contributed by atoms with E-state index in [1.807, 2.05) is 4.90 Å². The fourth-order valence-corrected chi connectivity index (χ4v) is 4.07. The predicted octanol–water partition coefficient (Wildman–Crippen LogP) is 3.08. The fraction of sp³-hybridized carbons (Fsp3) is 0.579. The van der Waals surface area contributed by atoms with Crippen LogP contribution in [0.5, 0.6) is 0 Å². The number of hydrogen-bond donors (Lipinski definition) is 1. The van der Waals surface area contributed by atoms with Gasteiger partial charge in [-0.15, -0.1) is 0 Å². The van der Waals surface area contributed by atoms with Gasteiger partial charge in [0.15, 0.2) is 0 Å². The summed E-state index contributed by atoms with van der Waals surface area (Å²) in [4.78, 5) is 29.2. The third-order valence-electron chi connectivity index (χ3n) is 5.41. The lowest BCUT2D eigenvalue weighted by atomic mass is 9.93. The standard InChI is InChI=1S/C19H24Cl2N2O3/c20-16-4-3-14(10-17(16)21)18(25)23-7-1-2-15(11-23)19(26)22-8-5-13(12-24)6-9-22/h3-4,10,13,15,24H,1-2,5-9,11-12H2. The Morgan fingerprint density at radius 3 is 2.42 bits per heavy atom. The van der Waals surface area contributed by atoms with Crippen LogP contribution in [0.4, 0.5) is 0 Å². The number of aliphatic hydroxyl groups is 1. The molecule has 2 saturated heterocycles. The molecule has 2 aliphatic rings. The van der Waals surface area contributed by atoms with Crippen LogP contribution in [-0.2, 0) is 4.79 Å². The molecule has 7 heteroatoms. The molecule has 1 aromatic carbocycles. The zero-order chi connectivity index (χ0) is 18.7. The molecule has 26 heavy (non-hydrogen) atoms. The van der Waals surface area contributed by atoms with Gasteiger partial charge in [-0.2, -0.15) is 0 Å². The Balaban J connectivity index is 1.62. The first-order valence-electron chi connectivity index (χ1n) is 9.13. The summed E-state index contributed by atoms with van der Waals surface area (Å²) in [6, 6.07) is 4.87. The van der Waals surface area contributed by atoms with Crippen LogP contribution >= 0.6 is 23.2 Å². The Morgan fingerprint density at radius 2 is 1.77 bits per heavy atom. The molecule has 0 radical (unpaired) electrons. The lowest BCUT2D eigenvalue weighted by molar-refractivity contribution is -0.138. The van der Waals surface area contributed by atoms with E-state index in [0.717, 1.165) is 25.7 Å². The van der Waals surface area contributed by atoms with Gasteiger partial charge in [-0.1, -0.05) is 23.2 Å². The van der Waals surface area contributed by atoms with Gasteiger partial charge >= 0.3 is 0 Å². The molecular formula is C19H24Cl2N2O3. The van der Waals surface area contributed by atoms with E-state index in [1.165, 1.54) is 0 Å². The van der Waals surface area contributed by atoms with Crippen molar-refractivity contribution in [1.82, 2.24) is 9.80 Å². The number of rotatable bonds is 3. The monoisotopic (exact) mass is 398 g/mol. The third kappa shape index (κ3) is 4.33. The Labute approximate surface area is 163 Å². The van der Waals surface area contributed by atoms with Gasteiger partial charge < -0.3 is 14.9 Å². The van der Waals surface area contributed by atoms with Gasteiger partial charge in [0, 0.05) is 38.3 Å². The maximum atomic E-state index is 12.8. The van der Waals surface area contributed by atoms with Crippen molar-refractivity contribution in [3.05, 3.63) is 33.8 Å². The van der Waals surface area contributed by atoms with E-state index in [4.69, 9.17) is 23.2 Å². The molecule has 142 valence electrons. The lowest BCUT2D eigenvalue weighted by Gasteiger charge is -2.37. The van der Waals surface area contributed by atoms with Crippen molar-refractivity contribution in [3.8, 4) is 0 Å². The van der Waals surface area contributed by atoms with E-state index >= 15 is 0 Å². The molecule has 0 aromatic heterocycles. The Hall–Kier alpha value is -1.30. The number of benzene rings is 1. The highest BCUT2D eigenvalue weighted by Crippen LogP contribution is 2.26. The van der Waals surface area contributed by atoms with E-state index in [-0.39, 0.29) is 24.3 Å². The molecule has 0 bridgehead atoms. The van der Waals surface area contributed by atoms with Crippen molar-refractivity contribution >= 4 is 35.0 Å². The Kier molecular flexibility index (Phi) is 6.43. The molecule has 2 aliphatic heterocycles. The maximum absolute atomic E-state index is 12.8. The largest absolute Gasteiger partial charge is 0.396 e. The number of piperidine rings is 2. The highest BCUT2D eigenvalue weighted by molar-refractivity contribution is 6.42. The predicted molar refractivity (Wildman–Crippen MR) is 101 cm³/mol. The highest BCUT2D eigenvalue weighted by Gasteiger charge is 2.33. The molecule has 2 fully saturated rings. The number of likely N-dealkylation sites (tertiary alicyclic amines) is 2. The number of amides is 2. The Bertz CT molecular complexity index is 675. The molecule has 5 nitrogen and oxygen atoms in total. The molecule has 1 aromatic rings. The number of aliphatic hydroxyl groups excluding tert-OH is 1. The number of carbonyl (C=O) groups is 2. The SMILES string of the molecule is O=C(c1ccc(Cl)c(Cl)c1)N1CCCC(C(=O)N2CCC(CO)CC2)C1. The van der Waals surface area contributed by atoms with Crippen LogP contribution in [0.1, 0.15) is 36.0 Å². The first kappa shape index (κ1) is 19.5. The molecule has 0 spiro atoms. The Morgan fingerprint density at radius 1 is 1.04 bits per heavy atom. The van der Waals surface area contributed by atoms with Crippen molar-refractivity contribution < 1.29 is 14.7 Å². The second kappa shape index (κ2) is 8.59. The van der Waals surface area contributed by atoms with Gasteiger partial charge in [-0.05, 0) is 49.8 Å². The van der Waals surface area contributed by atoms with Gasteiger partial charge in [-0.25, -0.2) is 0 Å². The van der Waals surface area contributed by atoms with Crippen LogP contribution < -0.4 is 0 Å². The smallest absolute Gasteiger partial charge is 0.253 e. The minimum Gasteiger partial charge on any atom is -0.396 e. The van der Waals surface area contributed by atoms with Crippen LogP contribution in [0.15, 0.2) is 18.2 Å². The van der Waals surface area contributed by atoms with Crippen LogP contribution in [0.25, 0.3) is 0 Å². The van der Waals surface area contributed by atoms with Gasteiger partial charge in [-0.3, -0.25) is 9.59 Å². The molecule has 1 atom stereocenters. The summed E-state index contributed by atoms with van der Waals surface area (Å²) >= 11 is 11.9. The molecule has 1 unspecified atom stereocenters. The van der Waals surface area contributed by atoms with Crippen LogP contribution in [0.3, 0.4) is 0 Å². The topological polar surface area (TPSA) is 60.9 Å². The molecule has 3 rings (SSSR count). The summed E-state index contributed by atoms with van der Waals surface area (Å²) < 4.78 is 0. The van der Waals surface area contributed by atoms with Crippen LogP contribution in [0, 0.1) is 11.8 Å². The minimum atomic E-state index is -0.152. The summed E-state index contributed by atoms with van der Waals surface area (Å²) in [5, 5.41) is 10.0. The van der Waals surface area contributed by atoms with Gasteiger partial charge in [0.25, 0.3) is 5.91 Å². The first-order valence-corrected chi connectivity index (χ1v) is 9.89. The summed E-state index contributed by atoms with van der Waals surface area (Å²) in [5.41, 5.74) is 0.497. The third-order valence-corrected chi connectivity index (χ3v) is 6.15. The summed E-state index contributed by atoms with van der Waals surface area (Å²) in [5.74, 6) is 0.173. The zero-order valence-corrected chi connectivity index (χ0v) is 16.2. The van der Waals surface area contributed by atoms with Crippen LogP contribution in [-0.4, -0.2) is 59.5 Å². The number of carbonyl (C=O) groups excluding carboxylic acids is 2. The van der Waals surface area contributed by atoms with E-state index in [9.17, 15) is 14.7 Å². The molecule has 0 saturated carbocycles. The van der Waals surface area contributed by atoms with Gasteiger partial charge in [0.2, 0.25) is 5.91 Å². The second-order valence-electron chi connectivity index (χ2n) is 7.17. The zero-order valence-electron chi connectivity index (χ0n) is 14.7. The van der Waals surface area contributed by atoms with Gasteiger partial charge in [0.1, 0.15) is 0 Å². The molecular weight excluding hydrogens is 375 g/mol. The van der Waals surface area contributed by atoms with E-state index in [2.05, 4.69) is 0 Å². The van der Waals surface area contributed by atoms with E-state index < -0.39 is 0 Å². The van der Waals surface area contributed by atoms with E-state index in [1.54, 1.807) is 23.1 Å².